The molecule has 4 aromatic rings. The van der Waals surface area contributed by atoms with Gasteiger partial charge in [-0.2, -0.15) is 0 Å². The molecule has 0 saturated carbocycles. The van der Waals surface area contributed by atoms with E-state index in [1.807, 2.05) is 49.4 Å². The van der Waals surface area contributed by atoms with Crippen LogP contribution in [0.5, 0.6) is 0 Å². The van der Waals surface area contributed by atoms with Gasteiger partial charge in [0.25, 0.3) is 0 Å². The third-order valence-electron chi connectivity index (χ3n) is 6.92. The zero-order chi connectivity index (χ0) is 27.5. The predicted octanol–water partition coefficient (Wildman–Crippen LogP) is 3.57. The molecule has 5 atom stereocenters. The summed E-state index contributed by atoms with van der Waals surface area (Å²) in [6, 6.07) is 17.4. The SMILES string of the molecule is C=C(C(=O)OC[C@H]1O[C@@H](n2cnc3c(N[C@@H](CC)c4ccccc4)ncnc32)[C@H](O)[C@@H]1O)c1ccc(C)cc1. The van der Waals surface area contributed by atoms with Crippen LogP contribution in [0.2, 0.25) is 0 Å². The summed E-state index contributed by atoms with van der Waals surface area (Å²) in [5, 5.41) is 24.9. The fraction of sp³-hybridized carbons (Fsp3) is 0.310. The van der Waals surface area contributed by atoms with E-state index in [9.17, 15) is 15.0 Å². The number of aryl methyl sites for hydroxylation is 1. The number of aliphatic hydroxyl groups is 2. The number of imidazole rings is 1. The highest BCUT2D eigenvalue weighted by molar-refractivity contribution is 6.15. The molecule has 10 heteroatoms. The molecule has 0 spiro atoms. The Morgan fingerprint density at radius 2 is 1.85 bits per heavy atom. The minimum atomic E-state index is -1.30. The van der Waals surface area contributed by atoms with Gasteiger partial charge in [0.05, 0.1) is 17.9 Å². The van der Waals surface area contributed by atoms with Crippen molar-refractivity contribution in [1.29, 1.82) is 0 Å². The number of aromatic nitrogens is 4. The van der Waals surface area contributed by atoms with Crippen molar-refractivity contribution in [1.82, 2.24) is 19.5 Å². The number of nitrogens with one attached hydrogen (secondary N) is 1. The molecule has 0 aliphatic carbocycles. The van der Waals surface area contributed by atoms with Crippen LogP contribution in [0.15, 0.2) is 73.8 Å². The van der Waals surface area contributed by atoms with Gasteiger partial charge >= 0.3 is 5.97 Å². The second-order valence-corrected chi connectivity index (χ2v) is 9.55. The van der Waals surface area contributed by atoms with Crippen LogP contribution in [-0.4, -0.2) is 60.6 Å². The van der Waals surface area contributed by atoms with E-state index in [1.165, 1.54) is 12.7 Å². The maximum atomic E-state index is 12.6. The quantitative estimate of drug-likeness (QED) is 0.220. The molecule has 3 heterocycles. The van der Waals surface area contributed by atoms with E-state index in [4.69, 9.17) is 9.47 Å². The van der Waals surface area contributed by atoms with Crippen molar-refractivity contribution < 1.29 is 24.5 Å². The summed E-state index contributed by atoms with van der Waals surface area (Å²) in [6.07, 6.45) is -0.826. The Morgan fingerprint density at radius 3 is 2.56 bits per heavy atom. The summed E-state index contributed by atoms with van der Waals surface area (Å²) in [7, 11) is 0. The van der Waals surface area contributed by atoms with Crippen LogP contribution >= 0.6 is 0 Å². The standard InChI is InChI=1S/C29H31N5O5/c1-4-21(20-8-6-5-7-9-20)33-26-23-27(31-15-30-26)34(16-32-23)28-25(36)24(35)22(39-28)14-38-29(37)18(3)19-12-10-17(2)11-13-19/h5-13,15-16,21-22,24-25,28,35-36H,3-4,14H2,1-2H3,(H,30,31,33)/t21-,22+,24+,25+,28+/m0/s1. The topological polar surface area (TPSA) is 132 Å². The van der Waals surface area contributed by atoms with Crippen LogP contribution in [-0.2, 0) is 14.3 Å². The number of rotatable bonds is 9. The number of aliphatic hydroxyl groups excluding tert-OH is 2. The number of carbonyl (C=O) groups is 1. The Labute approximate surface area is 226 Å². The average Bonchev–Trinajstić information content (AvgIpc) is 3.51. The summed E-state index contributed by atoms with van der Waals surface area (Å²) in [5.41, 5.74) is 3.94. The fourth-order valence-corrected chi connectivity index (χ4v) is 4.63. The molecule has 0 bridgehead atoms. The van der Waals surface area contributed by atoms with Crippen LogP contribution in [0.4, 0.5) is 5.82 Å². The highest BCUT2D eigenvalue weighted by Gasteiger charge is 2.45. The predicted molar refractivity (Wildman–Crippen MR) is 146 cm³/mol. The summed E-state index contributed by atoms with van der Waals surface area (Å²) >= 11 is 0. The monoisotopic (exact) mass is 529 g/mol. The molecule has 1 aliphatic rings. The Balaban J connectivity index is 1.29. The molecule has 39 heavy (non-hydrogen) atoms. The Bertz CT molecular complexity index is 1460. The van der Waals surface area contributed by atoms with Gasteiger partial charge < -0.3 is 25.0 Å². The highest BCUT2D eigenvalue weighted by atomic mass is 16.6. The Hall–Kier alpha value is -4.12. The van der Waals surface area contributed by atoms with Gasteiger partial charge in [0.15, 0.2) is 23.2 Å². The van der Waals surface area contributed by atoms with E-state index in [0.717, 1.165) is 17.5 Å². The Kier molecular flexibility index (Phi) is 7.69. The lowest BCUT2D eigenvalue weighted by atomic mass is 10.0. The smallest absolute Gasteiger partial charge is 0.338 e. The minimum absolute atomic E-state index is 0.0123. The Morgan fingerprint density at radius 1 is 1.10 bits per heavy atom. The molecular weight excluding hydrogens is 498 g/mol. The summed E-state index contributed by atoms with van der Waals surface area (Å²) in [5.74, 6) is -0.0874. The molecule has 1 aliphatic heterocycles. The molecule has 0 radical (unpaired) electrons. The van der Waals surface area contributed by atoms with Crippen molar-refractivity contribution in [3.8, 4) is 0 Å². The van der Waals surface area contributed by atoms with Gasteiger partial charge in [-0.05, 0) is 24.5 Å². The highest BCUT2D eigenvalue weighted by Crippen LogP contribution is 2.33. The molecule has 0 amide bonds. The molecule has 5 rings (SSSR count). The zero-order valence-electron chi connectivity index (χ0n) is 21.8. The van der Waals surface area contributed by atoms with Gasteiger partial charge in [0, 0.05) is 0 Å². The molecule has 10 nitrogen and oxygen atoms in total. The summed E-state index contributed by atoms with van der Waals surface area (Å²) in [6.45, 7) is 7.58. The first-order chi connectivity index (χ1) is 18.9. The van der Waals surface area contributed by atoms with Crippen LogP contribution < -0.4 is 5.32 Å². The summed E-state index contributed by atoms with van der Waals surface area (Å²) in [4.78, 5) is 25.8. The largest absolute Gasteiger partial charge is 0.459 e. The molecule has 1 saturated heterocycles. The van der Waals surface area contributed by atoms with Gasteiger partial charge in [0.2, 0.25) is 0 Å². The number of hydrogen-bond acceptors (Lipinski definition) is 9. The van der Waals surface area contributed by atoms with Crippen molar-refractivity contribution in [3.63, 3.8) is 0 Å². The van der Waals surface area contributed by atoms with Crippen LogP contribution in [0.25, 0.3) is 16.7 Å². The van der Waals surface area contributed by atoms with Gasteiger partial charge in [-0.15, -0.1) is 0 Å². The van der Waals surface area contributed by atoms with E-state index in [2.05, 4.69) is 33.8 Å². The average molecular weight is 530 g/mol. The van der Waals surface area contributed by atoms with E-state index in [1.54, 1.807) is 16.7 Å². The molecule has 1 fully saturated rings. The molecule has 2 aromatic carbocycles. The number of esters is 1. The van der Waals surface area contributed by atoms with Gasteiger partial charge in [-0.25, -0.2) is 19.7 Å². The number of ether oxygens (including phenoxy) is 2. The number of nitrogens with zero attached hydrogens (tertiary/aromatic N) is 4. The number of anilines is 1. The van der Waals surface area contributed by atoms with Crippen molar-refractivity contribution in [2.24, 2.45) is 0 Å². The lowest BCUT2D eigenvalue weighted by Crippen LogP contribution is -2.34. The lowest BCUT2D eigenvalue weighted by molar-refractivity contribution is -0.143. The maximum absolute atomic E-state index is 12.6. The van der Waals surface area contributed by atoms with Crippen LogP contribution in [0.1, 0.15) is 42.3 Å². The van der Waals surface area contributed by atoms with Crippen molar-refractivity contribution in [2.45, 2.75) is 50.8 Å². The van der Waals surface area contributed by atoms with Gasteiger partial charge in [-0.3, -0.25) is 4.57 Å². The van der Waals surface area contributed by atoms with Crippen LogP contribution in [0, 0.1) is 6.92 Å². The van der Waals surface area contributed by atoms with Crippen LogP contribution in [0.3, 0.4) is 0 Å². The molecular formula is C29H31N5O5. The first kappa shape index (κ1) is 26.5. The number of carbonyl (C=O) groups excluding carboxylic acids is 1. The molecule has 2 aromatic heterocycles. The second-order valence-electron chi connectivity index (χ2n) is 9.55. The fourth-order valence-electron chi connectivity index (χ4n) is 4.63. The number of fused-ring (bicyclic) bond motifs is 1. The van der Waals surface area contributed by atoms with Crippen molar-refractivity contribution in [2.75, 3.05) is 11.9 Å². The third-order valence-corrected chi connectivity index (χ3v) is 6.92. The number of hydrogen-bond donors (Lipinski definition) is 3. The third kappa shape index (κ3) is 5.40. The van der Waals surface area contributed by atoms with Crippen molar-refractivity contribution in [3.05, 3.63) is 90.5 Å². The zero-order valence-corrected chi connectivity index (χ0v) is 21.8. The molecule has 3 N–H and O–H groups in total. The van der Waals surface area contributed by atoms with E-state index >= 15 is 0 Å². The first-order valence-electron chi connectivity index (χ1n) is 12.8. The maximum Gasteiger partial charge on any atom is 0.338 e. The van der Waals surface area contributed by atoms with Gasteiger partial charge in [-0.1, -0.05) is 73.7 Å². The molecule has 0 unspecified atom stereocenters. The lowest BCUT2D eigenvalue weighted by Gasteiger charge is -2.19. The van der Waals surface area contributed by atoms with E-state index < -0.39 is 30.5 Å². The van der Waals surface area contributed by atoms with Gasteiger partial charge in [0.1, 0.15) is 31.2 Å². The first-order valence-corrected chi connectivity index (χ1v) is 12.8. The van der Waals surface area contributed by atoms with E-state index in [-0.39, 0.29) is 18.2 Å². The molecule has 202 valence electrons. The summed E-state index contributed by atoms with van der Waals surface area (Å²) < 4.78 is 12.9. The van der Waals surface area contributed by atoms with Crippen molar-refractivity contribution >= 4 is 28.5 Å². The number of benzene rings is 2. The minimum Gasteiger partial charge on any atom is -0.459 e. The van der Waals surface area contributed by atoms with E-state index in [0.29, 0.717) is 22.5 Å². The second kappa shape index (κ2) is 11.3. The normalized spacial score (nSPS) is 21.5.